The van der Waals surface area contributed by atoms with Gasteiger partial charge in [-0.05, 0) is 18.2 Å². The van der Waals surface area contributed by atoms with E-state index in [-0.39, 0.29) is 21.1 Å². The lowest BCUT2D eigenvalue weighted by Crippen LogP contribution is -1.88. The maximum atomic E-state index is 13.2. The minimum atomic E-state index is -0.615. The first-order chi connectivity index (χ1) is 6.59. The third-order valence-electron chi connectivity index (χ3n) is 1.82. The molecular weight excluding hydrogens is 231 g/mol. The molecule has 0 radical (unpaired) electrons. The van der Waals surface area contributed by atoms with Crippen LogP contribution in [0.2, 0.25) is 10.3 Å². The number of fused-ring (bicyclic) bond motifs is 1. The molecule has 0 aliphatic rings. The minimum absolute atomic E-state index is 0.0343. The number of aromatic nitrogens is 1. The molecule has 0 amide bonds. The summed E-state index contributed by atoms with van der Waals surface area (Å²) in [6.07, 6.45) is 0. The van der Waals surface area contributed by atoms with Crippen LogP contribution in [0.4, 0.5) is 8.78 Å². The molecule has 0 spiro atoms. The van der Waals surface area contributed by atoms with E-state index in [4.69, 9.17) is 23.2 Å². The van der Waals surface area contributed by atoms with E-state index in [1.54, 1.807) is 0 Å². The first-order valence-electron chi connectivity index (χ1n) is 3.69. The molecule has 1 aromatic carbocycles. The zero-order valence-electron chi connectivity index (χ0n) is 6.69. The van der Waals surface area contributed by atoms with Crippen LogP contribution in [0, 0.1) is 11.6 Å². The molecule has 0 unspecified atom stereocenters. The topological polar surface area (TPSA) is 12.9 Å². The average molecular weight is 234 g/mol. The molecule has 14 heavy (non-hydrogen) atoms. The maximum Gasteiger partial charge on any atom is 0.141 e. The second-order valence-corrected chi connectivity index (χ2v) is 3.43. The Morgan fingerprint density at radius 1 is 1.07 bits per heavy atom. The van der Waals surface area contributed by atoms with Gasteiger partial charge in [0.05, 0.1) is 5.39 Å². The Morgan fingerprint density at radius 3 is 2.43 bits per heavy atom. The highest BCUT2D eigenvalue weighted by molar-refractivity contribution is 6.36. The first-order valence-corrected chi connectivity index (χ1v) is 4.45. The van der Waals surface area contributed by atoms with Crippen LogP contribution in [0.3, 0.4) is 0 Å². The molecule has 0 fully saturated rings. The Morgan fingerprint density at radius 2 is 1.71 bits per heavy atom. The van der Waals surface area contributed by atoms with E-state index in [2.05, 4.69) is 4.98 Å². The fourth-order valence-corrected chi connectivity index (χ4v) is 1.74. The van der Waals surface area contributed by atoms with Gasteiger partial charge in [-0.15, -0.1) is 0 Å². The van der Waals surface area contributed by atoms with Gasteiger partial charge in [0.1, 0.15) is 21.9 Å². The van der Waals surface area contributed by atoms with Crippen molar-refractivity contribution in [1.29, 1.82) is 0 Å². The molecule has 0 aliphatic carbocycles. The van der Waals surface area contributed by atoms with Crippen molar-refractivity contribution >= 4 is 34.0 Å². The molecule has 0 aliphatic heterocycles. The van der Waals surface area contributed by atoms with Gasteiger partial charge in [-0.2, -0.15) is 0 Å². The molecule has 0 saturated carbocycles. The highest BCUT2D eigenvalue weighted by Gasteiger charge is 2.11. The van der Waals surface area contributed by atoms with Crippen LogP contribution in [0.25, 0.3) is 10.8 Å². The van der Waals surface area contributed by atoms with Crippen molar-refractivity contribution in [3.63, 3.8) is 0 Å². The molecule has 72 valence electrons. The van der Waals surface area contributed by atoms with Crippen molar-refractivity contribution in [2.75, 3.05) is 0 Å². The molecule has 0 saturated heterocycles. The van der Waals surface area contributed by atoms with Crippen molar-refractivity contribution in [1.82, 2.24) is 4.98 Å². The summed E-state index contributed by atoms with van der Waals surface area (Å²) in [5, 5.41) is -0.109. The van der Waals surface area contributed by atoms with E-state index in [1.807, 2.05) is 0 Å². The number of rotatable bonds is 0. The summed E-state index contributed by atoms with van der Waals surface area (Å²) in [4.78, 5) is 3.63. The standard InChI is InChI=1S/C9H3Cl2F2N/c10-7-3-4-5(12)1-2-6(13)8(4)9(11)14-7/h1-3H. The molecule has 1 aromatic heterocycles. The number of benzene rings is 1. The van der Waals surface area contributed by atoms with E-state index < -0.39 is 11.6 Å². The number of halogens is 4. The van der Waals surface area contributed by atoms with E-state index >= 15 is 0 Å². The third kappa shape index (κ3) is 1.42. The van der Waals surface area contributed by atoms with E-state index in [0.29, 0.717) is 0 Å². The van der Waals surface area contributed by atoms with E-state index in [0.717, 1.165) is 12.1 Å². The van der Waals surface area contributed by atoms with Crippen molar-refractivity contribution < 1.29 is 8.78 Å². The van der Waals surface area contributed by atoms with Gasteiger partial charge in [0.15, 0.2) is 0 Å². The highest BCUT2D eigenvalue weighted by atomic mass is 35.5. The number of nitrogens with zero attached hydrogens (tertiary/aromatic N) is 1. The lowest BCUT2D eigenvalue weighted by atomic mass is 10.1. The van der Waals surface area contributed by atoms with Gasteiger partial charge in [0, 0.05) is 5.39 Å². The first kappa shape index (κ1) is 9.62. The monoisotopic (exact) mass is 233 g/mol. The predicted molar refractivity (Wildman–Crippen MR) is 51.7 cm³/mol. The van der Waals surface area contributed by atoms with Crippen LogP contribution in [0.15, 0.2) is 18.2 Å². The van der Waals surface area contributed by atoms with Crippen molar-refractivity contribution in [2.45, 2.75) is 0 Å². The van der Waals surface area contributed by atoms with Gasteiger partial charge in [-0.1, -0.05) is 23.2 Å². The minimum Gasteiger partial charge on any atom is -0.224 e. The van der Waals surface area contributed by atoms with Crippen molar-refractivity contribution in [3.8, 4) is 0 Å². The fourth-order valence-electron chi connectivity index (χ4n) is 1.22. The Labute approximate surface area is 88.3 Å². The van der Waals surface area contributed by atoms with Crippen LogP contribution in [-0.2, 0) is 0 Å². The second-order valence-electron chi connectivity index (χ2n) is 2.69. The van der Waals surface area contributed by atoms with E-state index in [1.165, 1.54) is 6.07 Å². The van der Waals surface area contributed by atoms with Gasteiger partial charge in [0.25, 0.3) is 0 Å². The lowest BCUT2D eigenvalue weighted by Gasteiger charge is -2.02. The number of hydrogen-bond acceptors (Lipinski definition) is 1. The van der Waals surface area contributed by atoms with Crippen LogP contribution in [0.1, 0.15) is 0 Å². The normalized spacial score (nSPS) is 10.9. The molecule has 2 rings (SSSR count). The Bertz CT molecular complexity index is 514. The highest BCUT2D eigenvalue weighted by Crippen LogP contribution is 2.28. The summed E-state index contributed by atoms with van der Waals surface area (Å²) in [6, 6.07) is 3.25. The number of pyridine rings is 1. The molecule has 1 nitrogen and oxygen atoms in total. The molecular formula is C9H3Cl2F2N. The SMILES string of the molecule is Fc1ccc(F)c2c(Cl)nc(Cl)cc12. The molecule has 5 heteroatoms. The number of hydrogen-bond donors (Lipinski definition) is 0. The summed E-state index contributed by atoms with van der Waals surface area (Å²) in [7, 11) is 0. The Kier molecular flexibility index (Phi) is 2.29. The molecule has 0 atom stereocenters. The molecule has 0 N–H and O–H groups in total. The zero-order valence-corrected chi connectivity index (χ0v) is 8.20. The Balaban J connectivity index is 3.00. The van der Waals surface area contributed by atoms with Crippen LogP contribution < -0.4 is 0 Å². The largest absolute Gasteiger partial charge is 0.224 e. The smallest absolute Gasteiger partial charge is 0.141 e. The fraction of sp³-hybridized carbons (Fsp3) is 0. The summed E-state index contributed by atoms with van der Waals surface area (Å²) < 4.78 is 26.4. The zero-order chi connectivity index (χ0) is 10.3. The van der Waals surface area contributed by atoms with Crippen LogP contribution in [-0.4, -0.2) is 4.98 Å². The summed E-state index contributed by atoms with van der Waals surface area (Å²) in [6.45, 7) is 0. The van der Waals surface area contributed by atoms with E-state index in [9.17, 15) is 8.78 Å². The quantitative estimate of drug-likeness (QED) is 0.631. The van der Waals surface area contributed by atoms with Crippen molar-refractivity contribution in [3.05, 3.63) is 40.1 Å². The summed E-state index contributed by atoms with van der Waals surface area (Å²) >= 11 is 11.2. The van der Waals surface area contributed by atoms with Gasteiger partial charge in [-0.25, -0.2) is 13.8 Å². The maximum absolute atomic E-state index is 13.2. The molecule has 2 aromatic rings. The Hall–Kier alpha value is -0.930. The van der Waals surface area contributed by atoms with Crippen LogP contribution >= 0.6 is 23.2 Å². The lowest BCUT2D eigenvalue weighted by molar-refractivity contribution is 0.617. The summed E-state index contributed by atoms with van der Waals surface area (Å²) in [5.74, 6) is -1.19. The second kappa shape index (κ2) is 3.33. The third-order valence-corrected chi connectivity index (χ3v) is 2.28. The predicted octanol–water partition coefficient (Wildman–Crippen LogP) is 3.82. The van der Waals surface area contributed by atoms with Crippen LogP contribution in [0.5, 0.6) is 0 Å². The summed E-state index contributed by atoms with van der Waals surface area (Å²) in [5.41, 5.74) is 0. The molecule has 0 bridgehead atoms. The van der Waals surface area contributed by atoms with Gasteiger partial charge < -0.3 is 0 Å². The van der Waals surface area contributed by atoms with Gasteiger partial charge >= 0.3 is 0 Å². The van der Waals surface area contributed by atoms with Gasteiger partial charge in [-0.3, -0.25) is 0 Å². The van der Waals surface area contributed by atoms with Crippen molar-refractivity contribution in [2.24, 2.45) is 0 Å². The molecule has 1 heterocycles. The average Bonchev–Trinajstić information content (AvgIpc) is 2.10. The van der Waals surface area contributed by atoms with Gasteiger partial charge in [0.2, 0.25) is 0 Å².